The largest absolute Gasteiger partial charge is 0.381 e. The molecule has 6 nitrogen and oxygen atoms in total. The summed E-state index contributed by atoms with van der Waals surface area (Å²) in [4.78, 5) is 31.3. The molecule has 112 valence electrons. The number of hydrogen-bond acceptors (Lipinski definition) is 3. The molecule has 1 fully saturated rings. The Morgan fingerprint density at radius 2 is 2.29 bits per heavy atom. The Morgan fingerprint density at radius 3 is 3.10 bits per heavy atom. The maximum Gasteiger partial charge on any atom is 0.323 e. The molecule has 2 heterocycles. The first-order valence-electron chi connectivity index (χ1n) is 7.27. The van der Waals surface area contributed by atoms with Gasteiger partial charge in [-0.05, 0) is 25.5 Å². The van der Waals surface area contributed by atoms with Crippen LogP contribution in [0.4, 0.5) is 0 Å². The van der Waals surface area contributed by atoms with Crippen LogP contribution in [0, 0.1) is 5.92 Å². The summed E-state index contributed by atoms with van der Waals surface area (Å²) in [6.07, 6.45) is 0.964. The van der Waals surface area contributed by atoms with Crippen LogP contribution in [-0.2, 0) is 4.74 Å². The molecule has 0 bridgehead atoms. The van der Waals surface area contributed by atoms with Crippen molar-refractivity contribution < 1.29 is 9.53 Å². The fourth-order valence-corrected chi connectivity index (χ4v) is 2.84. The van der Waals surface area contributed by atoms with Gasteiger partial charge in [0.2, 0.25) is 0 Å². The minimum Gasteiger partial charge on any atom is -0.381 e. The number of hydrogen-bond donors (Lipinski definition) is 2. The number of aromatic nitrogens is 2. The quantitative estimate of drug-likeness (QED) is 0.892. The predicted octanol–water partition coefficient (Wildman–Crippen LogP) is 1.35. The third-order valence-electron chi connectivity index (χ3n) is 3.91. The van der Waals surface area contributed by atoms with Gasteiger partial charge in [-0.15, -0.1) is 0 Å². The van der Waals surface area contributed by atoms with Crippen molar-refractivity contribution in [3.63, 3.8) is 0 Å². The Kier molecular flexibility index (Phi) is 3.79. The summed E-state index contributed by atoms with van der Waals surface area (Å²) < 4.78 is 5.43. The lowest BCUT2D eigenvalue weighted by Gasteiger charge is -2.17. The third-order valence-corrected chi connectivity index (χ3v) is 3.91. The van der Waals surface area contributed by atoms with Gasteiger partial charge in [-0.1, -0.05) is 6.07 Å². The van der Waals surface area contributed by atoms with Gasteiger partial charge in [-0.3, -0.25) is 4.79 Å². The van der Waals surface area contributed by atoms with E-state index in [-0.39, 0.29) is 11.6 Å². The minimum atomic E-state index is -0.291. The zero-order valence-electron chi connectivity index (χ0n) is 12.0. The SMILES string of the molecule is CCOC[C@@H]1CCN(C(=O)c2cccc3[nH]c(=O)[nH]c23)C1. The molecule has 1 aliphatic heterocycles. The molecule has 0 unspecified atom stereocenters. The molecule has 3 rings (SSSR count). The molecule has 2 N–H and O–H groups in total. The molecular formula is C15H19N3O3. The van der Waals surface area contributed by atoms with E-state index < -0.39 is 0 Å². The number of nitrogens with one attached hydrogen (secondary N) is 2. The molecule has 0 radical (unpaired) electrons. The van der Waals surface area contributed by atoms with E-state index in [2.05, 4.69) is 9.97 Å². The van der Waals surface area contributed by atoms with Crippen molar-refractivity contribution in [2.24, 2.45) is 5.92 Å². The molecule has 1 aromatic carbocycles. The molecular weight excluding hydrogens is 270 g/mol. The van der Waals surface area contributed by atoms with Crippen molar-refractivity contribution in [3.8, 4) is 0 Å². The van der Waals surface area contributed by atoms with E-state index in [1.54, 1.807) is 18.2 Å². The summed E-state index contributed by atoms with van der Waals surface area (Å²) in [6.45, 7) is 4.83. The molecule has 0 saturated carbocycles. The van der Waals surface area contributed by atoms with Crippen LogP contribution in [-0.4, -0.2) is 47.1 Å². The summed E-state index contributed by atoms with van der Waals surface area (Å²) >= 11 is 0. The van der Waals surface area contributed by atoms with E-state index in [0.29, 0.717) is 42.3 Å². The molecule has 2 aromatic rings. The Bertz CT molecular complexity index is 703. The van der Waals surface area contributed by atoms with Crippen LogP contribution in [0.5, 0.6) is 0 Å². The molecule has 21 heavy (non-hydrogen) atoms. The van der Waals surface area contributed by atoms with E-state index in [1.165, 1.54) is 0 Å². The summed E-state index contributed by atoms with van der Waals surface area (Å²) in [5, 5.41) is 0. The smallest absolute Gasteiger partial charge is 0.323 e. The van der Waals surface area contributed by atoms with Gasteiger partial charge in [0.1, 0.15) is 0 Å². The average molecular weight is 289 g/mol. The summed E-state index contributed by atoms with van der Waals surface area (Å²) in [7, 11) is 0. The van der Waals surface area contributed by atoms with Crippen molar-refractivity contribution in [3.05, 3.63) is 34.2 Å². The van der Waals surface area contributed by atoms with E-state index in [0.717, 1.165) is 13.0 Å². The number of rotatable bonds is 4. The second-order valence-electron chi connectivity index (χ2n) is 5.37. The molecule has 1 aromatic heterocycles. The van der Waals surface area contributed by atoms with E-state index in [9.17, 15) is 9.59 Å². The Balaban J connectivity index is 1.80. The molecule has 1 atom stereocenters. The number of carbonyl (C=O) groups is 1. The lowest BCUT2D eigenvalue weighted by atomic mass is 10.1. The number of para-hydroxylation sites is 1. The van der Waals surface area contributed by atoms with Gasteiger partial charge >= 0.3 is 5.69 Å². The Morgan fingerprint density at radius 1 is 1.43 bits per heavy atom. The first-order valence-corrected chi connectivity index (χ1v) is 7.27. The number of nitrogens with zero attached hydrogens (tertiary/aromatic N) is 1. The van der Waals surface area contributed by atoms with E-state index in [4.69, 9.17) is 4.74 Å². The first kappa shape index (κ1) is 13.9. The summed E-state index contributed by atoms with van der Waals surface area (Å²) in [5.74, 6) is 0.369. The monoisotopic (exact) mass is 289 g/mol. The normalized spacial score (nSPS) is 18.5. The van der Waals surface area contributed by atoms with Crippen LogP contribution >= 0.6 is 0 Å². The molecule has 0 spiro atoms. The van der Waals surface area contributed by atoms with E-state index in [1.807, 2.05) is 11.8 Å². The van der Waals surface area contributed by atoms with Gasteiger partial charge < -0.3 is 19.6 Å². The maximum atomic E-state index is 12.6. The highest BCUT2D eigenvalue weighted by Crippen LogP contribution is 2.21. The maximum absolute atomic E-state index is 12.6. The van der Waals surface area contributed by atoms with Crippen molar-refractivity contribution in [2.45, 2.75) is 13.3 Å². The number of amides is 1. The van der Waals surface area contributed by atoms with Crippen LogP contribution in [0.1, 0.15) is 23.7 Å². The number of aromatic amines is 2. The van der Waals surface area contributed by atoms with Crippen molar-refractivity contribution in [1.29, 1.82) is 0 Å². The van der Waals surface area contributed by atoms with Gasteiger partial charge in [0.25, 0.3) is 5.91 Å². The first-order chi connectivity index (χ1) is 10.2. The van der Waals surface area contributed by atoms with Gasteiger partial charge in [-0.25, -0.2) is 4.79 Å². The number of carbonyl (C=O) groups excluding carboxylic acids is 1. The van der Waals surface area contributed by atoms with Crippen molar-refractivity contribution >= 4 is 16.9 Å². The number of benzene rings is 1. The highest BCUT2D eigenvalue weighted by molar-refractivity contribution is 6.04. The van der Waals surface area contributed by atoms with Crippen LogP contribution in [0.15, 0.2) is 23.0 Å². The lowest BCUT2D eigenvalue weighted by molar-refractivity contribution is 0.0764. The van der Waals surface area contributed by atoms with Gasteiger partial charge in [0, 0.05) is 25.6 Å². The van der Waals surface area contributed by atoms with Crippen molar-refractivity contribution in [1.82, 2.24) is 14.9 Å². The fraction of sp³-hybridized carbons (Fsp3) is 0.467. The van der Waals surface area contributed by atoms with Gasteiger partial charge in [0.05, 0.1) is 23.2 Å². The highest BCUT2D eigenvalue weighted by atomic mass is 16.5. The van der Waals surface area contributed by atoms with Crippen LogP contribution in [0.2, 0.25) is 0 Å². The number of imidazole rings is 1. The lowest BCUT2D eigenvalue weighted by Crippen LogP contribution is -2.29. The topological polar surface area (TPSA) is 78.2 Å². The molecule has 6 heteroatoms. The van der Waals surface area contributed by atoms with Gasteiger partial charge in [0.15, 0.2) is 0 Å². The molecule has 1 aliphatic rings. The Hall–Kier alpha value is -2.08. The number of H-pyrrole nitrogens is 2. The number of ether oxygens (including phenoxy) is 1. The second-order valence-corrected chi connectivity index (χ2v) is 5.37. The molecule has 1 amide bonds. The van der Waals surface area contributed by atoms with Crippen LogP contribution < -0.4 is 5.69 Å². The molecule has 1 saturated heterocycles. The summed E-state index contributed by atoms with van der Waals surface area (Å²) in [5.41, 5.74) is 1.50. The zero-order chi connectivity index (χ0) is 14.8. The third kappa shape index (κ3) is 2.71. The fourth-order valence-electron chi connectivity index (χ4n) is 2.84. The predicted molar refractivity (Wildman–Crippen MR) is 79.4 cm³/mol. The van der Waals surface area contributed by atoms with Crippen LogP contribution in [0.25, 0.3) is 11.0 Å². The minimum absolute atomic E-state index is 0.0325. The highest BCUT2D eigenvalue weighted by Gasteiger charge is 2.28. The van der Waals surface area contributed by atoms with Crippen molar-refractivity contribution in [2.75, 3.05) is 26.3 Å². The van der Waals surface area contributed by atoms with Gasteiger partial charge in [-0.2, -0.15) is 0 Å². The Labute approximate surface area is 122 Å². The standard InChI is InChI=1S/C15H19N3O3/c1-2-21-9-10-6-7-18(8-10)14(19)11-4-3-5-12-13(11)17-15(20)16-12/h3-5,10H,2,6-9H2,1H3,(H2,16,17,20)/t10-/m1/s1. The molecule has 0 aliphatic carbocycles. The van der Waals surface area contributed by atoms with E-state index >= 15 is 0 Å². The van der Waals surface area contributed by atoms with Crippen LogP contribution in [0.3, 0.4) is 0 Å². The number of likely N-dealkylation sites (tertiary alicyclic amines) is 1. The second kappa shape index (κ2) is 5.73. The number of fused-ring (bicyclic) bond motifs is 1. The zero-order valence-corrected chi connectivity index (χ0v) is 12.0. The summed E-state index contributed by atoms with van der Waals surface area (Å²) in [6, 6.07) is 5.32. The average Bonchev–Trinajstić information content (AvgIpc) is 3.09.